The van der Waals surface area contributed by atoms with E-state index in [4.69, 9.17) is 4.74 Å². The van der Waals surface area contributed by atoms with Gasteiger partial charge in [-0.15, -0.1) is 0 Å². The number of rotatable bonds is 7. The summed E-state index contributed by atoms with van der Waals surface area (Å²) >= 11 is 0. The number of carboxylic acids is 1. The maximum Gasteiger partial charge on any atom is 0.335 e. The van der Waals surface area contributed by atoms with Crippen molar-refractivity contribution in [2.75, 3.05) is 6.61 Å². The third kappa shape index (κ3) is 5.05. The van der Waals surface area contributed by atoms with Crippen LogP contribution in [0.3, 0.4) is 0 Å². The molecule has 4 heteroatoms. The van der Waals surface area contributed by atoms with Crippen LogP contribution in [0.1, 0.15) is 34.1 Å². The molecule has 1 aromatic heterocycles. The van der Waals surface area contributed by atoms with E-state index in [1.807, 2.05) is 73.8 Å². The van der Waals surface area contributed by atoms with Crippen LogP contribution < -0.4 is 9.30 Å². The van der Waals surface area contributed by atoms with Crippen LogP contribution >= 0.6 is 0 Å². The number of pyridine rings is 1. The van der Waals surface area contributed by atoms with E-state index in [9.17, 15) is 9.90 Å². The van der Waals surface area contributed by atoms with E-state index >= 15 is 0 Å². The Hall–Kier alpha value is -3.40. The molecule has 0 aliphatic carbocycles. The first-order valence-corrected chi connectivity index (χ1v) is 8.87. The van der Waals surface area contributed by atoms with Crippen molar-refractivity contribution in [3.63, 3.8) is 0 Å². The first-order chi connectivity index (χ1) is 13.2. The maximum atomic E-state index is 11.2. The lowest BCUT2D eigenvalue weighted by Crippen LogP contribution is -2.37. The normalized spacial score (nSPS) is 10.9. The lowest BCUT2D eigenvalue weighted by Gasteiger charge is -2.04. The fourth-order valence-electron chi connectivity index (χ4n) is 2.84. The summed E-state index contributed by atoms with van der Waals surface area (Å²) in [5, 5.41) is 9.17. The van der Waals surface area contributed by atoms with Gasteiger partial charge in [-0.2, -0.15) is 4.57 Å². The molecular weight excluding hydrogens is 338 g/mol. The van der Waals surface area contributed by atoms with Crippen LogP contribution in [-0.2, 0) is 6.54 Å². The van der Waals surface area contributed by atoms with Crippen LogP contribution in [-0.4, -0.2) is 17.7 Å². The van der Waals surface area contributed by atoms with E-state index in [1.165, 1.54) is 0 Å². The number of aromatic carboxylic acids is 1. The SMILES string of the molecule is CCOc1cccc(/C=C/c2cccc[n+]2Cc2cccc(C(=O)O)c2)c1. The van der Waals surface area contributed by atoms with Gasteiger partial charge in [0.25, 0.3) is 0 Å². The van der Waals surface area contributed by atoms with Gasteiger partial charge in [-0.05, 0) is 48.9 Å². The number of carboxylic acid groups (broad SMARTS) is 1. The van der Waals surface area contributed by atoms with E-state index in [-0.39, 0.29) is 0 Å². The average Bonchev–Trinajstić information content (AvgIpc) is 2.68. The van der Waals surface area contributed by atoms with Crippen molar-refractivity contribution in [3.8, 4) is 5.75 Å². The van der Waals surface area contributed by atoms with Crippen molar-refractivity contribution in [2.45, 2.75) is 13.5 Å². The quantitative estimate of drug-likeness (QED) is 0.640. The number of nitrogens with zero attached hydrogens (tertiary/aromatic N) is 1. The van der Waals surface area contributed by atoms with Gasteiger partial charge in [0.1, 0.15) is 5.75 Å². The maximum absolute atomic E-state index is 11.2. The van der Waals surface area contributed by atoms with Gasteiger partial charge in [0.2, 0.25) is 5.69 Å². The van der Waals surface area contributed by atoms with E-state index in [1.54, 1.807) is 18.2 Å². The van der Waals surface area contributed by atoms with Crippen LogP contribution in [0.5, 0.6) is 5.75 Å². The summed E-state index contributed by atoms with van der Waals surface area (Å²) in [5.41, 5.74) is 3.33. The molecule has 3 rings (SSSR count). The molecular formula is C23H22NO3+. The second-order valence-corrected chi connectivity index (χ2v) is 6.10. The van der Waals surface area contributed by atoms with Crippen molar-refractivity contribution >= 4 is 18.1 Å². The average molecular weight is 360 g/mol. The number of hydrogen-bond donors (Lipinski definition) is 1. The number of ether oxygens (including phenoxy) is 1. The van der Waals surface area contributed by atoms with E-state index in [0.717, 1.165) is 22.6 Å². The molecule has 3 aromatic rings. The van der Waals surface area contributed by atoms with Crippen molar-refractivity contribution in [1.29, 1.82) is 0 Å². The summed E-state index contributed by atoms with van der Waals surface area (Å²) in [6.07, 6.45) is 6.08. The van der Waals surface area contributed by atoms with E-state index in [2.05, 4.69) is 4.57 Å². The molecule has 0 fully saturated rings. The third-order valence-electron chi connectivity index (χ3n) is 4.12. The monoisotopic (exact) mass is 360 g/mol. The molecule has 0 bridgehead atoms. The highest BCUT2D eigenvalue weighted by molar-refractivity contribution is 5.87. The highest BCUT2D eigenvalue weighted by Crippen LogP contribution is 2.15. The Kier molecular flexibility index (Phi) is 6.00. The smallest absolute Gasteiger partial charge is 0.335 e. The predicted molar refractivity (Wildman–Crippen MR) is 106 cm³/mol. The minimum absolute atomic E-state index is 0.300. The highest BCUT2D eigenvalue weighted by atomic mass is 16.5. The van der Waals surface area contributed by atoms with Crippen molar-refractivity contribution in [2.24, 2.45) is 0 Å². The van der Waals surface area contributed by atoms with Gasteiger partial charge in [-0.1, -0.05) is 24.3 Å². The molecule has 1 N–H and O–H groups in total. The lowest BCUT2D eigenvalue weighted by molar-refractivity contribution is -0.690. The van der Waals surface area contributed by atoms with Crippen molar-refractivity contribution in [3.05, 3.63) is 95.3 Å². The van der Waals surface area contributed by atoms with Crippen molar-refractivity contribution < 1.29 is 19.2 Å². The summed E-state index contributed by atoms with van der Waals surface area (Å²) in [6.45, 7) is 3.20. The minimum Gasteiger partial charge on any atom is -0.494 e. The molecule has 0 atom stereocenters. The molecule has 136 valence electrons. The standard InChI is InChI=1S/C23H21NO3/c1-2-27-22-11-6-7-18(16-22)12-13-21-10-3-4-14-24(21)17-19-8-5-9-20(15-19)23(25)26/h3-16H,2,17H2,1H3/p+1/b13-12+. The second-order valence-electron chi connectivity index (χ2n) is 6.10. The molecule has 0 aliphatic heterocycles. The topological polar surface area (TPSA) is 50.4 Å². The molecule has 0 saturated carbocycles. The Bertz CT molecular complexity index is 963. The molecule has 2 aromatic carbocycles. The number of benzene rings is 2. The highest BCUT2D eigenvalue weighted by Gasteiger charge is 2.10. The van der Waals surface area contributed by atoms with Crippen LogP contribution in [0.4, 0.5) is 0 Å². The summed E-state index contributed by atoms with van der Waals surface area (Å²) < 4.78 is 7.63. The van der Waals surface area contributed by atoms with Gasteiger partial charge in [0.15, 0.2) is 12.7 Å². The van der Waals surface area contributed by atoms with Gasteiger partial charge >= 0.3 is 5.97 Å². The van der Waals surface area contributed by atoms with E-state index < -0.39 is 5.97 Å². The van der Waals surface area contributed by atoms with Gasteiger partial charge in [0, 0.05) is 23.8 Å². The van der Waals surface area contributed by atoms with Crippen LogP contribution in [0.25, 0.3) is 12.2 Å². The number of hydrogen-bond acceptors (Lipinski definition) is 2. The molecule has 0 unspecified atom stereocenters. The van der Waals surface area contributed by atoms with Crippen LogP contribution in [0.2, 0.25) is 0 Å². The molecule has 0 spiro atoms. The summed E-state index contributed by atoms with van der Waals surface area (Å²) in [6, 6.07) is 21.0. The lowest BCUT2D eigenvalue weighted by atomic mass is 10.1. The van der Waals surface area contributed by atoms with Gasteiger partial charge in [0.05, 0.1) is 12.2 Å². The largest absolute Gasteiger partial charge is 0.494 e. The molecule has 0 radical (unpaired) electrons. The summed E-state index contributed by atoms with van der Waals surface area (Å²) in [4.78, 5) is 11.2. The summed E-state index contributed by atoms with van der Waals surface area (Å²) in [7, 11) is 0. The first kappa shape index (κ1) is 18.4. The Balaban J connectivity index is 1.83. The Morgan fingerprint density at radius 2 is 1.89 bits per heavy atom. The molecule has 0 saturated heterocycles. The van der Waals surface area contributed by atoms with Gasteiger partial charge in [-0.3, -0.25) is 0 Å². The van der Waals surface area contributed by atoms with Gasteiger partial charge in [-0.25, -0.2) is 4.79 Å². The predicted octanol–water partition coefficient (Wildman–Crippen LogP) is 4.29. The zero-order valence-corrected chi connectivity index (χ0v) is 15.2. The molecule has 1 heterocycles. The number of aromatic nitrogens is 1. The zero-order valence-electron chi connectivity index (χ0n) is 15.2. The first-order valence-electron chi connectivity index (χ1n) is 8.87. The summed E-state index contributed by atoms with van der Waals surface area (Å²) in [5.74, 6) is -0.0599. The molecule has 27 heavy (non-hydrogen) atoms. The Morgan fingerprint density at radius 1 is 1.04 bits per heavy atom. The van der Waals surface area contributed by atoms with E-state index in [0.29, 0.717) is 18.7 Å². The fourth-order valence-corrected chi connectivity index (χ4v) is 2.84. The van der Waals surface area contributed by atoms with Crippen LogP contribution in [0.15, 0.2) is 72.9 Å². The molecule has 0 amide bonds. The number of carbonyl (C=O) groups is 1. The van der Waals surface area contributed by atoms with Gasteiger partial charge < -0.3 is 9.84 Å². The fraction of sp³-hybridized carbons (Fsp3) is 0.130. The van der Waals surface area contributed by atoms with Crippen LogP contribution in [0, 0.1) is 0 Å². The Morgan fingerprint density at radius 3 is 2.70 bits per heavy atom. The third-order valence-corrected chi connectivity index (χ3v) is 4.12. The van der Waals surface area contributed by atoms with Crippen molar-refractivity contribution in [1.82, 2.24) is 0 Å². The molecule has 0 aliphatic rings. The second kappa shape index (κ2) is 8.81. The molecule has 4 nitrogen and oxygen atoms in total. The zero-order chi connectivity index (χ0) is 19.1. The Labute approximate surface area is 159 Å². The minimum atomic E-state index is -0.913.